The van der Waals surface area contributed by atoms with Crippen LogP contribution >= 0.6 is 0 Å². The number of rotatable bonds is 9. The maximum absolute atomic E-state index is 13.6. The third-order valence-electron chi connectivity index (χ3n) is 5.60. The maximum Gasteiger partial charge on any atom is 0.264 e. The van der Waals surface area contributed by atoms with Crippen molar-refractivity contribution < 1.29 is 18.0 Å². The largest absolute Gasteiger partial charge is 0.357 e. The van der Waals surface area contributed by atoms with Crippen molar-refractivity contribution in [2.24, 2.45) is 0 Å². The number of anilines is 1. The van der Waals surface area contributed by atoms with Gasteiger partial charge in [-0.15, -0.1) is 0 Å². The minimum Gasteiger partial charge on any atom is -0.357 e. The van der Waals surface area contributed by atoms with Crippen molar-refractivity contribution in [1.82, 2.24) is 10.2 Å². The van der Waals surface area contributed by atoms with Gasteiger partial charge in [0.2, 0.25) is 11.8 Å². The van der Waals surface area contributed by atoms with Crippen molar-refractivity contribution in [2.45, 2.75) is 31.3 Å². The third kappa shape index (κ3) is 5.63. The van der Waals surface area contributed by atoms with Crippen molar-refractivity contribution in [3.63, 3.8) is 0 Å². The van der Waals surface area contributed by atoms with Crippen molar-refractivity contribution in [3.05, 3.63) is 96.1 Å². The van der Waals surface area contributed by atoms with Crippen LogP contribution in [0.1, 0.15) is 18.1 Å². The van der Waals surface area contributed by atoms with Crippen LogP contribution in [-0.2, 0) is 26.2 Å². The molecule has 0 radical (unpaired) electrons. The lowest BCUT2D eigenvalue weighted by atomic mass is 10.1. The van der Waals surface area contributed by atoms with E-state index in [2.05, 4.69) is 5.32 Å². The number of sulfonamides is 1. The first kappa shape index (κ1) is 25.0. The second-order valence-corrected chi connectivity index (χ2v) is 9.77. The third-order valence-corrected chi connectivity index (χ3v) is 7.38. The Hall–Kier alpha value is -3.65. The van der Waals surface area contributed by atoms with E-state index in [0.29, 0.717) is 11.3 Å². The number of amides is 2. The molecule has 0 heterocycles. The molecule has 0 aliphatic heterocycles. The Balaban J connectivity index is 2.03. The van der Waals surface area contributed by atoms with E-state index >= 15 is 0 Å². The molecule has 0 fully saturated rings. The number of hydrogen-bond acceptors (Lipinski definition) is 4. The molecular weight excluding hydrogens is 450 g/mol. The number of para-hydroxylation sites is 1. The monoisotopic (exact) mass is 479 g/mol. The number of likely N-dealkylation sites (N-methyl/N-ethyl adjacent to an activating group) is 1. The summed E-state index contributed by atoms with van der Waals surface area (Å²) in [5, 5.41) is 2.57. The van der Waals surface area contributed by atoms with E-state index in [1.807, 2.05) is 36.4 Å². The number of nitrogens with zero attached hydrogens (tertiary/aromatic N) is 2. The summed E-state index contributed by atoms with van der Waals surface area (Å²) in [6, 6.07) is 23.5. The zero-order valence-corrected chi connectivity index (χ0v) is 20.3. The highest BCUT2D eigenvalue weighted by Crippen LogP contribution is 2.27. The molecule has 0 aliphatic rings. The van der Waals surface area contributed by atoms with Crippen LogP contribution in [0.3, 0.4) is 0 Å². The number of aryl methyl sites for hydroxylation is 1. The van der Waals surface area contributed by atoms with Crippen molar-refractivity contribution in [3.8, 4) is 0 Å². The second-order valence-electron chi connectivity index (χ2n) is 7.91. The van der Waals surface area contributed by atoms with E-state index in [0.717, 1.165) is 9.87 Å². The minimum atomic E-state index is -4.04. The number of nitrogens with one attached hydrogen (secondary N) is 1. The van der Waals surface area contributed by atoms with Gasteiger partial charge in [0.1, 0.15) is 12.6 Å². The van der Waals surface area contributed by atoms with E-state index in [9.17, 15) is 18.0 Å². The van der Waals surface area contributed by atoms with Crippen LogP contribution < -0.4 is 9.62 Å². The van der Waals surface area contributed by atoms with Gasteiger partial charge in [0.05, 0.1) is 10.6 Å². The van der Waals surface area contributed by atoms with E-state index < -0.39 is 28.5 Å². The number of hydrogen-bond donors (Lipinski definition) is 1. The first-order valence-corrected chi connectivity index (χ1v) is 12.4. The lowest BCUT2D eigenvalue weighted by Gasteiger charge is -2.32. The molecule has 0 aliphatic carbocycles. The van der Waals surface area contributed by atoms with Crippen molar-refractivity contribution in [2.75, 3.05) is 17.9 Å². The molecule has 0 saturated carbocycles. The molecule has 178 valence electrons. The van der Waals surface area contributed by atoms with Gasteiger partial charge in [0.25, 0.3) is 10.0 Å². The molecule has 1 unspecified atom stereocenters. The quantitative estimate of drug-likeness (QED) is 0.510. The summed E-state index contributed by atoms with van der Waals surface area (Å²) in [5.41, 5.74) is 1.95. The smallest absolute Gasteiger partial charge is 0.264 e. The van der Waals surface area contributed by atoms with Crippen LogP contribution in [0.2, 0.25) is 0 Å². The topological polar surface area (TPSA) is 86.8 Å². The molecule has 1 atom stereocenters. The van der Waals surface area contributed by atoms with Gasteiger partial charge in [-0.05, 0) is 43.2 Å². The molecule has 0 saturated heterocycles. The van der Waals surface area contributed by atoms with Crippen LogP contribution in [0.25, 0.3) is 0 Å². The van der Waals surface area contributed by atoms with Gasteiger partial charge < -0.3 is 10.2 Å². The van der Waals surface area contributed by atoms with Gasteiger partial charge >= 0.3 is 0 Å². The highest BCUT2D eigenvalue weighted by Gasteiger charge is 2.32. The Labute approximate surface area is 201 Å². The molecule has 0 spiro atoms. The van der Waals surface area contributed by atoms with Crippen molar-refractivity contribution in [1.29, 1.82) is 0 Å². The lowest BCUT2D eigenvalue weighted by Crippen LogP contribution is -2.50. The highest BCUT2D eigenvalue weighted by molar-refractivity contribution is 7.92. The predicted octanol–water partition coefficient (Wildman–Crippen LogP) is 3.35. The predicted molar refractivity (Wildman–Crippen MR) is 133 cm³/mol. The van der Waals surface area contributed by atoms with Crippen LogP contribution in [0.5, 0.6) is 0 Å². The second kappa shape index (κ2) is 11.0. The minimum absolute atomic E-state index is 0.0833. The molecule has 0 aromatic heterocycles. The zero-order valence-electron chi connectivity index (χ0n) is 19.5. The standard InChI is InChI=1S/C26H29N3O4S/c1-20-12-10-11-17-24(20)29(34(32,33)23-15-8-5-9-16-23)19-25(30)28(21(2)26(31)27-3)18-22-13-6-4-7-14-22/h4-17,21H,18-19H2,1-3H3,(H,27,31). The fraction of sp³-hybridized carbons (Fsp3) is 0.231. The first-order valence-electron chi connectivity index (χ1n) is 10.9. The highest BCUT2D eigenvalue weighted by atomic mass is 32.2. The Kier molecular flexibility index (Phi) is 8.07. The maximum atomic E-state index is 13.6. The van der Waals surface area contributed by atoms with Gasteiger partial charge in [-0.1, -0.05) is 66.7 Å². The zero-order chi connectivity index (χ0) is 24.7. The average molecular weight is 480 g/mol. The van der Waals surface area contributed by atoms with Gasteiger partial charge in [-0.25, -0.2) is 8.42 Å². The molecule has 8 heteroatoms. The van der Waals surface area contributed by atoms with E-state index in [1.165, 1.54) is 24.1 Å². The molecule has 2 amide bonds. The Morgan fingerprint density at radius 2 is 1.44 bits per heavy atom. The summed E-state index contributed by atoms with van der Waals surface area (Å²) in [7, 11) is -2.54. The average Bonchev–Trinajstić information content (AvgIpc) is 2.86. The lowest BCUT2D eigenvalue weighted by molar-refractivity contribution is -0.139. The van der Waals surface area contributed by atoms with Gasteiger partial charge in [0.15, 0.2) is 0 Å². The summed E-state index contributed by atoms with van der Waals surface area (Å²) in [4.78, 5) is 27.5. The Morgan fingerprint density at radius 1 is 0.882 bits per heavy atom. The summed E-state index contributed by atoms with van der Waals surface area (Å²) in [5.74, 6) is -0.819. The van der Waals surface area contributed by atoms with Crippen LogP contribution in [0, 0.1) is 6.92 Å². The van der Waals surface area contributed by atoms with Gasteiger partial charge in [0, 0.05) is 13.6 Å². The molecule has 3 aromatic rings. The normalized spacial score (nSPS) is 12.0. The SMILES string of the molecule is CNC(=O)C(C)N(Cc1ccccc1)C(=O)CN(c1ccccc1C)S(=O)(=O)c1ccccc1. The van der Waals surface area contributed by atoms with Gasteiger partial charge in [-0.2, -0.15) is 0 Å². The first-order chi connectivity index (χ1) is 16.3. The van der Waals surface area contributed by atoms with Crippen molar-refractivity contribution >= 4 is 27.5 Å². The molecule has 0 bridgehead atoms. The fourth-order valence-corrected chi connectivity index (χ4v) is 5.15. The molecular formula is C26H29N3O4S. The summed E-state index contributed by atoms with van der Waals surface area (Å²) < 4.78 is 28.4. The van der Waals surface area contributed by atoms with Gasteiger partial charge in [-0.3, -0.25) is 13.9 Å². The molecule has 3 aromatic carbocycles. The Morgan fingerprint density at radius 3 is 2.03 bits per heavy atom. The van der Waals surface area contributed by atoms with Crippen LogP contribution in [0.15, 0.2) is 89.8 Å². The summed E-state index contributed by atoms with van der Waals surface area (Å²) >= 11 is 0. The molecule has 34 heavy (non-hydrogen) atoms. The van der Waals surface area contributed by atoms with E-state index in [4.69, 9.17) is 0 Å². The summed E-state index contributed by atoms with van der Waals surface area (Å²) in [6.45, 7) is 3.14. The molecule has 3 rings (SSSR count). The fourth-order valence-electron chi connectivity index (χ4n) is 3.65. The number of carbonyl (C=O) groups excluding carboxylic acids is 2. The van der Waals surface area contributed by atoms with Crippen LogP contribution in [-0.4, -0.2) is 44.8 Å². The molecule has 1 N–H and O–H groups in total. The summed E-state index contributed by atoms with van der Waals surface area (Å²) in [6.07, 6.45) is 0. The van der Waals surface area contributed by atoms with E-state index in [1.54, 1.807) is 50.2 Å². The number of benzene rings is 3. The molecule has 7 nitrogen and oxygen atoms in total. The Bertz CT molecular complexity index is 1230. The van der Waals surface area contributed by atoms with E-state index in [-0.39, 0.29) is 17.3 Å². The van der Waals surface area contributed by atoms with Crippen LogP contribution in [0.4, 0.5) is 5.69 Å². The number of carbonyl (C=O) groups is 2.